The zero-order valence-electron chi connectivity index (χ0n) is 8.50. The number of halogens is 1. The first kappa shape index (κ1) is 11.7. The van der Waals surface area contributed by atoms with E-state index >= 15 is 0 Å². The highest BCUT2D eigenvalue weighted by Crippen LogP contribution is 2.18. The van der Waals surface area contributed by atoms with Gasteiger partial charge in [-0.15, -0.1) is 0 Å². The molecule has 0 bridgehead atoms. The van der Waals surface area contributed by atoms with Gasteiger partial charge in [-0.3, -0.25) is 0 Å². The lowest BCUT2D eigenvalue weighted by Gasteiger charge is -2.09. The van der Waals surface area contributed by atoms with Crippen LogP contribution in [-0.4, -0.2) is 11.1 Å². The third-order valence-corrected chi connectivity index (χ3v) is 2.23. The Hall–Kier alpha value is -1.42. The van der Waals surface area contributed by atoms with Gasteiger partial charge in [-0.1, -0.05) is 25.5 Å². The summed E-state index contributed by atoms with van der Waals surface area (Å²) in [6.45, 7) is 1.78. The van der Waals surface area contributed by atoms with Crippen molar-refractivity contribution in [3.05, 3.63) is 34.9 Å². The zero-order valence-corrected chi connectivity index (χ0v) is 8.50. The van der Waals surface area contributed by atoms with Crippen LogP contribution in [0.5, 0.6) is 0 Å². The van der Waals surface area contributed by atoms with E-state index in [0.717, 1.165) is 6.42 Å². The molecule has 0 heterocycles. The second-order valence-electron chi connectivity index (χ2n) is 3.22. The number of aliphatic hydroxyl groups excluding tert-OH is 1. The van der Waals surface area contributed by atoms with Gasteiger partial charge in [0.25, 0.3) is 0 Å². The minimum atomic E-state index is -1.01. The Bertz CT molecular complexity index is 350. The largest absolute Gasteiger partial charge is 0.392 e. The minimum Gasteiger partial charge on any atom is -0.392 e. The van der Waals surface area contributed by atoms with Crippen molar-refractivity contribution in [2.45, 2.75) is 26.4 Å². The van der Waals surface area contributed by atoms with E-state index in [1.807, 2.05) is 6.92 Å². The Labute approximate surface area is 87.4 Å². The SMILES string of the molecule is CCCc1c(CO)cccc1C(=O)OF. The lowest BCUT2D eigenvalue weighted by molar-refractivity contribution is -0.0789. The van der Waals surface area contributed by atoms with Crippen LogP contribution in [0.2, 0.25) is 0 Å². The first-order chi connectivity index (χ1) is 7.24. The van der Waals surface area contributed by atoms with Gasteiger partial charge in [-0.2, -0.15) is 0 Å². The van der Waals surface area contributed by atoms with E-state index in [4.69, 9.17) is 5.11 Å². The molecular formula is C11H13FO3. The normalized spacial score (nSPS) is 10.1. The summed E-state index contributed by atoms with van der Waals surface area (Å²) in [5.74, 6) is -1.01. The fourth-order valence-corrected chi connectivity index (χ4v) is 1.56. The predicted molar refractivity (Wildman–Crippen MR) is 52.9 cm³/mol. The van der Waals surface area contributed by atoms with Crippen LogP contribution in [0.3, 0.4) is 0 Å². The average Bonchev–Trinajstić information content (AvgIpc) is 2.28. The first-order valence-corrected chi connectivity index (χ1v) is 4.79. The maximum atomic E-state index is 11.8. The maximum Gasteiger partial charge on any atom is 0.379 e. The Morgan fingerprint density at radius 2 is 2.27 bits per heavy atom. The molecule has 1 rings (SSSR count). The molecule has 0 saturated heterocycles. The summed E-state index contributed by atoms with van der Waals surface area (Å²) in [5, 5.41) is 9.08. The van der Waals surface area contributed by atoms with Gasteiger partial charge >= 0.3 is 5.97 Å². The van der Waals surface area contributed by atoms with Crippen molar-refractivity contribution >= 4 is 5.97 Å². The van der Waals surface area contributed by atoms with Crippen molar-refractivity contribution in [3.8, 4) is 0 Å². The van der Waals surface area contributed by atoms with Gasteiger partial charge < -0.3 is 5.11 Å². The monoisotopic (exact) mass is 212 g/mol. The Morgan fingerprint density at radius 1 is 1.53 bits per heavy atom. The number of carbonyl (C=O) groups is 1. The van der Waals surface area contributed by atoms with Crippen LogP contribution in [-0.2, 0) is 18.0 Å². The van der Waals surface area contributed by atoms with Gasteiger partial charge in [0, 0.05) is 4.53 Å². The molecule has 1 N–H and O–H groups in total. The van der Waals surface area contributed by atoms with Gasteiger partial charge in [0.1, 0.15) is 0 Å². The van der Waals surface area contributed by atoms with E-state index in [2.05, 4.69) is 4.94 Å². The molecule has 0 aliphatic carbocycles. The summed E-state index contributed by atoms with van der Waals surface area (Å²) in [6.07, 6.45) is 1.42. The van der Waals surface area contributed by atoms with Gasteiger partial charge in [0.15, 0.2) is 0 Å². The minimum absolute atomic E-state index is 0.164. The van der Waals surface area contributed by atoms with Crippen molar-refractivity contribution in [1.29, 1.82) is 0 Å². The molecule has 3 nitrogen and oxygen atoms in total. The van der Waals surface area contributed by atoms with Crippen molar-refractivity contribution < 1.29 is 19.4 Å². The number of carbonyl (C=O) groups excluding carboxylic acids is 1. The third-order valence-electron chi connectivity index (χ3n) is 2.23. The van der Waals surface area contributed by atoms with Crippen molar-refractivity contribution in [2.75, 3.05) is 0 Å². The number of hydrogen-bond acceptors (Lipinski definition) is 3. The van der Waals surface area contributed by atoms with Crippen LogP contribution in [0.25, 0.3) is 0 Å². The Morgan fingerprint density at radius 3 is 2.80 bits per heavy atom. The Balaban J connectivity index is 3.18. The summed E-state index contributed by atoms with van der Waals surface area (Å²) >= 11 is 0. The highest BCUT2D eigenvalue weighted by molar-refractivity contribution is 5.91. The van der Waals surface area contributed by atoms with E-state index < -0.39 is 5.97 Å². The van der Waals surface area contributed by atoms with E-state index in [1.165, 1.54) is 6.07 Å². The topological polar surface area (TPSA) is 46.5 Å². The summed E-state index contributed by atoms with van der Waals surface area (Å²) in [4.78, 5) is 14.3. The smallest absolute Gasteiger partial charge is 0.379 e. The van der Waals surface area contributed by atoms with Gasteiger partial charge in [0.2, 0.25) is 0 Å². The number of hydrogen-bond donors (Lipinski definition) is 1. The van der Waals surface area contributed by atoms with Crippen LogP contribution in [0.1, 0.15) is 34.8 Å². The quantitative estimate of drug-likeness (QED) is 0.832. The fraction of sp³-hybridized carbons (Fsp3) is 0.364. The van der Waals surface area contributed by atoms with E-state index in [9.17, 15) is 9.32 Å². The van der Waals surface area contributed by atoms with Crippen molar-refractivity contribution in [1.82, 2.24) is 0 Å². The summed E-state index contributed by atoms with van der Waals surface area (Å²) in [7, 11) is 0. The summed E-state index contributed by atoms with van der Waals surface area (Å²) in [6, 6.07) is 4.79. The second-order valence-corrected chi connectivity index (χ2v) is 3.22. The van der Waals surface area contributed by atoms with Crippen LogP contribution >= 0.6 is 0 Å². The third kappa shape index (κ3) is 2.53. The Kier molecular flexibility index (Phi) is 4.24. The van der Waals surface area contributed by atoms with Crippen LogP contribution in [0.15, 0.2) is 18.2 Å². The molecule has 0 radical (unpaired) electrons. The molecule has 0 amide bonds. The average molecular weight is 212 g/mol. The van der Waals surface area contributed by atoms with E-state index in [-0.39, 0.29) is 12.2 Å². The molecule has 0 aliphatic rings. The molecule has 4 heteroatoms. The van der Waals surface area contributed by atoms with Gasteiger partial charge in [-0.25, -0.2) is 9.74 Å². The van der Waals surface area contributed by atoms with Crippen LogP contribution in [0.4, 0.5) is 4.53 Å². The van der Waals surface area contributed by atoms with Crippen LogP contribution in [0, 0.1) is 0 Å². The molecular weight excluding hydrogens is 199 g/mol. The van der Waals surface area contributed by atoms with Crippen molar-refractivity contribution in [3.63, 3.8) is 0 Å². The lowest BCUT2D eigenvalue weighted by atomic mass is 9.97. The standard InChI is InChI=1S/C11H13FO3/c1-2-4-9-8(7-13)5-3-6-10(9)11(14)15-12/h3,5-6,13H,2,4,7H2,1H3. The second kappa shape index (κ2) is 5.46. The summed E-state index contributed by atoms with van der Waals surface area (Å²) < 4.78 is 11.8. The van der Waals surface area contributed by atoms with Crippen molar-refractivity contribution in [2.24, 2.45) is 0 Å². The predicted octanol–water partition coefficient (Wildman–Crippen LogP) is 2.17. The number of aliphatic hydroxyl groups is 1. The molecule has 1 aromatic rings. The molecule has 0 aromatic heterocycles. The molecule has 0 fully saturated rings. The van der Waals surface area contributed by atoms with Crippen LogP contribution < -0.4 is 0 Å². The van der Waals surface area contributed by atoms with E-state index in [0.29, 0.717) is 17.5 Å². The first-order valence-electron chi connectivity index (χ1n) is 4.79. The number of rotatable bonds is 4. The van der Waals surface area contributed by atoms with E-state index in [1.54, 1.807) is 12.1 Å². The maximum absolute atomic E-state index is 11.8. The van der Waals surface area contributed by atoms with Gasteiger partial charge in [-0.05, 0) is 23.6 Å². The highest BCUT2D eigenvalue weighted by atomic mass is 19.3. The molecule has 1 aromatic carbocycles. The molecule has 0 atom stereocenters. The summed E-state index contributed by atoms with van der Waals surface area (Å²) in [5.41, 5.74) is 1.48. The number of benzene rings is 1. The molecule has 82 valence electrons. The zero-order chi connectivity index (χ0) is 11.3. The molecule has 0 saturated carbocycles. The molecule has 0 unspecified atom stereocenters. The molecule has 15 heavy (non-hydrogen) atoms. The molecule has 0 spiro atoms. The fourth-order valence-electron chi connectivity index (χ4n) is 1.56. The van der Waals surface area contributed by atoms with Gasteiger partial charge in [0.05, 0.1) is 12.2 Å². The molecule has 0 aliphatic heterocycles. The lowest BCUT2D eigenvalue weighted by Crippen LogP contribution is -2.07. The highest BCUT2D eigenvalue weighted by Gasteiger charge is 2.15.